The van der Waals surface area contributed by atoms with Crippen molar-refractivity contribution in [2.45, 2.75) is 58.9 Å². The van der Waals surface area contributed by atoms with Crippen LogP contribution in [0.25, 0.3) is 0 Å². The minimum Gasteiger partial charge on any atom is -0.396 e. The first-order chi connectivity index (χ1) is 11.6. The van der Waals surface area contributed by atoms with Crippen LogP contribution in [-0.4, -0.2) is 61.3 Å². The standard InChI is InChI=1S/C19H38N4O/c1-5-7-17(10-13-24)14-21-19(20-6-2)22-18-8-11-23(12-9-18)15-16(3)4/h17-18,24H,3,5-15H2,1-2,4H3,(H2,20,21,22). The second-order valence-corrected chi connectivity index (χ2v) is 7.04. The zero-order valence-corrected chi connectivity index (χ0v) is 16.0. The first kappa shape index (κ1) is 21.0. The molecule has 1 fully saturated rings. The summed E-state index contributed by atoms with van der Waals surface area (Å²) in [6.07, 6.45) is 5.41. The highest BCUT2D eigenvalue weighted by atomic mass is 16.3. The molecule has 24 heavy (non-hydrogen) atoms. The van der Waals surface area contributed by atoms with E-state index in [0.717, 1.165) is 70.8 Å². The zero-order chi connectivity index (χ0) is 17.8. The Kier molecular flexibility index (Phi) is 10.8. The van der Waals surface area contributed by atoms with Crippen molar-refractivity contribution in [2.24, 2.45) is 10.9 Å². The van der Waals surface area contributed by atoms with E-state index in [-0.39, 0.29) is 6.61 Å². The molecule has 1 aliphatic heterocycles. The van der Waals surface area contributed by atoms with Gasteiger partial charge in [0.25, 0.3) is 0 Å². The molecule has 1 rings (SSSR count). The van der Waals surface area contributed by atoms with Crippen LogP contribution < -0.4 is 10.6 Å². The lowest BCUT2D eigenvalue weighted by Crippen LogP contribution is -2.49. The van der Waals surface area contributed by atoms with E-state index in [1.807, 2.05) is 0 Å². The highest BCUT2D eigenvalue weighted by Gasteiger charge is 2.19. The second kappa shape index (κ2) is 12.3. The molecule has 0 amide bonds. The van der Waals surface area contributed by atoms with Crippen molar-refractivity contribution in [3.63, 3.8) is 0 Å². The lowest BCUT2D eigenvalue weighted by Gasteiger charge is -2.33. The number of nitrogens with one attached hydrogen (secondary N) is 2. The maximum absolute atomic E-state index is 9.19. The number of nitrogens with zero attached hydrogens (tertiary/aromatic N) is 2. The molecule has 0 radical (unpaired) electrons. The van der Waals surface area contributed by atoms with Gasteiger partial charge in [0.15, 0.2) is 5.96 Å². The molecule has 1 atom stereocenters. The van der Waals surface area contributed by atoms with Gasteiger partial charge in [0.05, 0.1) is 0 Å². The van der Waals surface area contributed by atoms with E-state index in [2.05, 4.69) is 42.9 Å². The van der Waals surface area contributed by atoms with Crippen LogP contribution in [0.3, 0.4) is 0 Å². The third-order valence-electron chi connectivity index (χ3n) is 4.51. The van der Waals surface area contributed by atoms with Crippen LogP contribution in [0.5, 0.6) is 0 Å². The number of hydrogen-bond acceptors (Lipinski definition) is 3. The van der Waals surface area contributed by atoms with Gasteiger partial charge in [0.1, 0.15) is 0 Å². The maximum Gasteiger partial charge on any atom is 0.191 e. The molecule has 140 valence electrons. The first-order valence-corrected chi connectivity index (χ1v) is 9.61. The van der Waals surface area contributed by atoms with Crippen molar-refractivity contribution in [1.82, 2.24) is 15.5 Å². The van der Waals surface area contributed by atoms with Gasteiger partial charge in [-0.25, -0.2) is 0 Å². The Labute approximate surface area is 148 Å². The molecule has 1 aliphatic rings. The monoisotopic (exact) mass is 338 g/mol. The predicted octanol–water partition coefficient (Wildman–Crippen LogP) is 2.38. The molecule has 3 N–H and O–H groups in total. The van der Waals surface area contributed by atoms with E-state index < -0.39 is 0 Å². The molecule has 0 spiro atoms. The van der Waals surface area contributed by atoms with E-state index in [4.69, 9.17) is 4.99 Å². The SMILES string of the molecule is C=C(C)CN1CCC(NC(=NCC(CCC)CCO)NCC)CC1. The summed E-state index contributed by atoms with van der Waals surface area (Å²) < 4.78 is 0. The third kappa shape index (κ3) is 8.69. The van der Waals surface area contributed by atoms with Crippen LogP contribution in [0.4, 0.5) is 0 Å². The molecular formula is C19H38N4O. The molecule has 5 nitrogen and oxygen atoms in total. The second-order valence-electron chi connectivity index (χ2n) is 7.04. The molecule has 0 bridgehead atoms. The molecule has 0 aromatic carbocycles. The van der Waals surface area contributed by atoms with Gasteiger partial charge in [0.2, 0.25) is 0 Å². The zero-order valence-electron chi connectivity index (χ0n) is 16.0. The highest BCUT2D eigenvalue weighted by Crippen LogP contribution is 2.13. The quantitative estimate of drug-likeness (QED) is 0.325. The molecule has 1 heterocycles. The minimum absolute atomic E-state index is 0.255. The first-order valence-electron chi connectivity index (χ1n) is 9.61. The average molecular weight is 339 g/mol. The molecule has 1 unspecified atom stereocenters. The summed E-state index contributed by atoms with van der Waals surface area (Å²) in [5.41, 5.74) is 1.24. The fourth-order valence-corrected chi connectivity index (χ4v) is 3.27. The summed E-state index contributed by atoms with van der Waals surface area (Å²) in [5, 5.41) is 16.1. The fraction of sp³-hybridized carbons (Fsp3) is 0.842. The normalized spacial score (nSPS) is 18.4. The Morgan fingerprint density at radius 3 is 2.54 bits per heavy atom. The van der Waals surface area contributed by atoms with Crippen molar-refractivity contribution in [3.8, 4) is 0 Å². The number of aliphatic hydroxyl groups excluding tert-OH is 1. The van der Waals surface area contributed by atoms with Crippen LogP contribution in [0.1, 0.15) is 52.9 Å². The van der Waals surface area contributed by atoms with E-state index in [9.17, 15) is 5.11 Å². The van der Waals surface area contributed by atoms with Crippen LogP contribution in [0.2, 0.25) is 0 Å². The molecule has 0 aromatic heterocycles. The molecule has 0 saturated carbocycles. The van der Waals surface area contributed by atoms with E-state index in [1.165, 1.54) is 5.57 Å². The number of guanidine groups is 1. The lowest BCUT2D eigenvalue weighted by atomic mass is 10.0. The number of hydrogen-bond donors (Lipinski definition) is 3. The van der Waals surface area contributed by atoms with Crippen LogP contribution in [0.15, 0.2) is 17.1 Å². The summed E-state index contributed by atoms with van der Waals surface area (Å²) in [5.74, 6) is 1.41. The van der Waals surface area contributed by atoms with Crippen LogP contribution in [-0.2, 0) is 0 Å². The van der Waals surface area contributed by atoms with Gasteiger partial charge >= 0.3 is 0 Å². The number of rotatable bonds is 10. The molecule has 1 saturated heterocycles. The van der Waals surface area contributed by atoms with Crippen molar-refractivity contribution < 1.29 is 5.11 Å². The van der Waals surface area contributed by atoms with E-state index in [1.54, 1.807) is 0 Å². The molecule has 5 heteroatoms. The minimum atomic E-state index is 0.255. The van der Waals surface area contributed by atoms with Gasteiger partial charge in [-0.2, -0.15) is 0 Å². The van der Waals surface area contributed by atoms with E-state index in [0.29, 0.717) is 12.0 Å². The Bertz CT molecular complexity index is 370. The van der Waals surface area contributed by atoms with Gasteiger partial charge in [-0.05, 0) is 45.4 Å². The highest BCUT2D eigenvalue weighted by molar-refractivity contribution is 5.80. The van der Waals surface area contributed by atoms with Gasteiger partial charge < -0.3 is 15.7 Å². The summed E-state index contributed by atoms with van der Waals surface area (Å²) in [7, 11) is 0. The van der Waals surface area contributed by atoms with Crippen molar-refractivity contribution in [3.05, 3.63) is 12.2 Å². The number of aliphatic imine (C=N–C) groups is 1. The van der Waals surface area contributed by atoms with Gasteiger partial charge in [0, 0.05) is 45.4 Å². The van der Waals surface area contributed by atoms with Gasteiger partial charge in [-0.1, -0.05) is 25.5 Å². The summed E-state index contributed by atoms with van der Waals surface area (Å²) in [6, 6.07) is 0.492. The number of piperidine rings is 1. The average Bonchev–Trinajstić information content (AvgIpc) is 2.54. The summed E-state index contributed by atoms with van der Waals surface area (Å²) in [6.45, 7) is 15.6. The van der Waals surface area contributed by atoms with Crippen LogP contribution >= 0.6 is 0 Å². The number of aliphatic hydroxyl groups is 1. The number of likely N-dealkylation sites (tertiary alicyclic amines) is 1. The van der Waals surface area contributed by atoms with Crippen molar-refractivity contribution in [1.29, 1.82) is 0 Å². The Morgan fingerprint density at radius 2 is 2.00 bits per heavy atom. The Balaban J connectivity index is 2.47. The van der Waals surface area contributed by atoms with Gasteiger partial charge in [-0.15, -0.1) is 0 Å². The molecular weight excluding hydrogens is 300 g/mol. The Morgan fingerprint density at radius 1 is 1.29 bits per heavy atom. The molecule has 0 aliphatic carbocycles. The Hall–Kier alpha value is -1.07. The summed E-state index contributed by atoms with van der Waals surface area (Å²) >= 11 is 0. The maximum atomic E-state index is 9.19. The van der Waals surface area contributed by atoms with Gasteiger partial charge in [-0.3, -0.25) is 9.89 Å². The van der Waals surface area contributed by atoms with Crippen molar-refractivity contribution in [2.75, 3.05) is 39.3 Å². The smallest absolute Gasteiger partial charge is 0.191 e. The molecule has 0 aromatic rings. The predicted molar refractivity (Wildman–Crippen MR) is 103 cm³/mol. The fourth-order valence-electron chi connectivity index (χ4n) is 3.27. The lowest BCUT2D eigenvalue weighted by molar-refractivity contribution is 0.221. The van der Waals surface area contributed by atoms with E-state index >= 15 is 0 Å². The van der Waals surface area contributed by atoms with Crippen LogP contribution in [0, 0.1) is 5.92 Å². The third-order valence-corrected chi connectivity index (χ3v) is 4.51. The van der Waals surface area contributed by atoms with Crippen molar-refractivity contribution >= 4 is 5.96 Å². The topological polar surface area (TPSA) is 59.9 Å². The largest absolute Gasteiger partial charge is 0.396 e. The summed E-state index contributed by atoms with van der Waals surface area (Å²) in [4.78, 5) is 7.24.